The molecule has 2 aromatic rings. The second-order valence-electron chi connectivity index (χ2n) is 7.75. The maximum Gasteiger partial charge on any atom is 0.261 e. The Morgan fingerprint density at radius 2 is 1.74 bits per heavy atom. The van der Waals surface area contributed by atoms with Crippen molar-refractivity contribution in [1.29, 1.82) is 0 Å². The van der Waals surface area contributed by atoms with Gasteiger partial charge in [-0.05, 0) is 49.6 Å². The molecule has 0 spiro atoms. The molecule has 0 unspecified atom stereocenters. The molecular weight excluding hydrogens is 460 g/mol. The molecule has 0 aliphatic heterocycles. The average Bonchev–Trinajstić information content (AvgIpc) is 3.29. The lowest BCUT2D eigenvalue weighted by molar-refractivity contribution is -0.142. The van der Waals surface area contributed by atoms with E-state index < -0.39 is 6.04 Å². The summed E-state index contributed by atoms with van der Waals surface area (Å²) in [5.41, 5.74) is 0.939. The minimum absolute atomic E-state index is 0.130. The molecule has 166 valence electrons. The van der Waals surface area contributed by atoms with Crippen molar-refractivity contribution in [3.05, 3.63) is 58.6 Å². The van der Waals surface area contributed by atoms with Crippen LogP contribution in [0, 0.1) is 0 Å². The third-order valence-corrected chi connectivity index (χ3v) is 6.08. The van der Waals surface area contributed by atoms with E-state index in [0.717, 1.165) is 35.7 Å². The molecule has 6 nitrogen and oxygen atoms in total. The summed E-state index contributed by atoms with van der Waals surface area (Å²) in [6, 6.07) is 14.5. The van der Waals surface area contributed by atoms with E-state index in [9.17, 15) is 9.59 Å². The monoisotopic (exact) mass is 488 g/mol. The molecule has 1 aliphatic rings. The van der Waals surface area contributed by atoms with Crippen LogP contribution in [0.4, 0.5) is 0 Å². The number of carbonyl (C=O) groups is 2. The lowest BCUT2D eigenvalue weighted by atomic mass is 10.1. The van der Waals surface area contributed by atoms with Gasteiger partial charge < -0.3 is 19.7 Å². The molecule has 0 heterocycles. The summed E-state index contributed by atoms with van der Waals surface area (Å²) in [5.74, 6) is 0.657. The largest absolute Gasteiger partial charge is 0.493 e. The molecule has 31 heavy (non-hydrogen) atoms. The standard InChI is InChI=1S/C24H29BrN2O4/c1-17(24(29)26-20-7-3-4-8-20)27(15-18-11-13-19(25)14-12-18)23(28)16-31-22-10-6-5-9-21(22)30-2/h5-6,9-14,17,20H,3-4,7-8,15-16H2,1-2H3,(H,26,29)/t17-/m0/s1. The highest BCUT2D eigenvalue weighted by molar-refractivity contribution is 9.10. The maximum absolute atomic E-state index is 13.1. The molecule has 2 aromatic carbocycles. The van der Waals surface area contributed by atoms with Crippen molar-refractivity contribution in [2.24, 2.45) is 0 Å². The van der Waals surface area contributed by atoms with Gasteiger partial charge in [-0.25, -0.2) is 0 Å². The molecule has 1 N–H and O–H groups in total. The SMILES string of the molecule is COc1ccccc1OCC(=O)N(Cc1ccc(Br)cc1)[C@@H](C)C(=O)NC1CCCC1. The number of carbonyl (C=O) groups excluding carboxylic acids is 2. The number of nitrogens with one attached hydrogen (secondary N) is 1. The number of para-hydroxylation sites is 2. The zero-order valence-corrected chi connectivity index (χ0v) is 19.6. The molecule has 1 saturated carbocycles. The summed E-state index contributed by atoms with van der Waals surface area (Å²) >= 11 is 3.43. The van der Waals surface area contributed by atoms with E-state index in [1.807, 2.05) is 36.4 Å². The first-order valence-corrected chi connectivity index (χ1v) is 11.4. The fourth-order valence-corrected chi connectivity index (χ4v) is 3.99. The first-order chi connectivity index (χ1) is 15.0. The van der Waals surface area contributed by atoms with E-state index in [1.165, 1.54) is 0 Å². The predicted molar refractivity (Wildman–Crippen MR) is 123 cm³/mol. The summed E-state index contributed by atoms with van der Waals surface area (Å²) in [5, 5.41) is 3.10. The number of ether oxygens (including phenoxy) is 2. The third kappa shape index (κ3) is 6.47. The summed E-state index contributed by atoms with van der Waals surface area (Å²) in [7, 11) is 1.55. The lowest BCUT2D eigenvalue weighted by Crippen LogP contribution is -2.50. The predicted octanol–water partition coefficient (Wildman–Crippen LogP) is 4.31. The third-order valence-electron chi connectivity index (χ3n) is 5.56. The van der Waals surface area contributed by atoms with Crippen molar-refractivity contribution >= 4 is 27.7 Å². The Morgan fingerprint density at radius 3 is 2.39 bits per heavy atom. The van der Waals surface area contributed by atoms with Gasteiger partial charge in [-0.15, -0.1) is 0 Å². The number of hydrogen-bond donors (Lipinski definition) is 1. The van der Waals surface area contributed by atoms with Gasteiger partial charge >= 0.3 is 0 Å². The van der Waals surface area contributed by atoms with Crippen LogP contribution in [-0.4, -0.2) is 42.5 Å². The minimum Gasteiger partial charge on any atom is -0.493 e. The minimum atomic E-state index is -0.613. The Labute approximate surface area is 192 Å². The quantitative estimate of drug-likeness (QED) is 0.570. The number of halogens is 1. The summed E-state index contributed by atoms with van der Waals surface area (Å²) < 4.78 is 12.0. The van der Waals surface area contributed by atoms with Gasteiger partial charge in [0.1, 0.15) is 6.04 Å². The van der Waals surface area contributed by atoms with Crippen molar-refractivity contribution in [3.63, 3.8) is 0 Å². The van der Waals surface area contributed by atoms with Gasteiger partial charge in [-0.1, -0.05) is 53.0 Å². The van der Waals surface area contributed by atoms with Gasteiger partial charge in [0.25, 0.3) is 5.91 Å². The second-order valence-corrected chi connectivity index (χ2v) is 8.67. The first-order valence-electron chi connectivity index (χ1n) is 10.6. The summed E-state index contributed by atoms with van der Waals surface area (Å²) in [4.78, 5) is 27.6. The van der Waals surface area contributed by atoms with Crippen LogP contribution >= 0.6 is 15.9 Å². The van der Waals surface area contributed by atoms with E-state index in [2.05, 4.69) is 21.2 Å². The van der Waals surface area contributed by atoms with Gasteiger partial charge in [0.15, 0.2) is 18.1 Å². The van der Waals surface area contributed by atoms with Crippen molar-refractivity contribution in [3.8, 4) is 11.5 Å². The average molecular weight is 489 g/mol. The van der Waals surface area contributed by atoms with E-state index in [1.54, 1.807) is 31.1 Å². The molecular formula is C24H29BrN2O4. The van der Waals surface area contributed by atoms with Gasteiger partial charge in [-0.3, -0.25) is 9.59 Å². The van der Waals surface area contributed by atoms with E-state index in [0.29, 0.717) is 18.0 Å². The van der Waals surface area contributed by atoms with Crippen LogP contribution in [-0.2, 0) is 16.1 Å². The van der Waals surface area contributed by atoms with E-state index >= 15 is 0 Å². The fourth-order valence-electron chi connectivity index (χ4n) is 3.72. The molecule has 3 rings (SSSR count). The van der Waals surface area contributed by atoms with Gasteiger partial charge in [0.2, 0.25) is 5.91 Å². The van der Waals surface area contributed by atoms with Crippen molar-refractivity contribution in [2.45, 2.75) is 51.2 Å². The lowest BCUT2D eigenvalue weighted by Gasteiger charge is -2.29. The molecule has 7 heteroatoms. The molecule has 1 aliphatic carbocycles. The van der Waals surface area contributed by atoms with Gasteiger partial charge in [-0.2, -0.15) is 0 Å². The van der Waals surface area contributed by atoms with Crippen LogP contribution in [0.25, 0.3) is 0 Å². The number of benzene rings is 2. The molecule has 1 fully saturated rings. The smallest absolute Gasteiger partial charge is 0.261 e. The van der Waals surface area contributed by atoms with Crippen LogP contribution in [0.2, 0.25) is 0 Å². The zero-order valence-electron chi connectivity index (χ0n) is 18.0. The highest BCUT2D eigenvalue weighted by Crippen LogP contribution is 2.26. The summed E-state index contributed by atoms with van der Waals surface area (Å²) in [6.45, 7) is 1.91. The highest BCUT2D eigenvalue weighted by atomic mass is 79.9. The van der Waals surface area contributed by atoms with Crippen molar-refractivity contribution in [1.82, 2.24) is 10.2 Å². The van der Waals surface area contributed by atoms with Crippen LogP contribution < -0.4 is 14.8 Å². The van der Waals surface area contributed by atoms with Gasteiger partial charge in [0, 0.05) is 17.1 Å². The molecule has 0 aromatic heterocycles. The summed E-state index contributed by atoms with van der Waals surface area (Å²) in [6.07, 6.45) is 4.26. The molecule has 2 amide bonds. The Balaban J connectivity index is 1.72. The number of hydrogen-bond acceptors (Lipinski definition) is 4. The molecule has 0 radical (unpaired) electrons. The normalized spacial score (nSPS) is 14.7. The molecule has 1 atom stereocenters. The Bertz CT molecular complexity index is 881. The van der Waals surface area contributed by atoms with Crippen LogP contribution in [0.3, 0.4) is 0 Å². The van der Waals surface area contributed by atoms with Crippen LogP contribution in [0.5, 0.6) is 11.5 Å². The van der Waals surface area contributed by atoms with Crippen LogP contribution in [0.1, 0.15) is 38.2 Å². The van der Waals surface area contributed by atoms with Crippen molar-refractivity contribution in [2.75, 3.05) is 13.7 Å². The fraction of sp³-hybridized carbons (Fsp3) is 0.417. The Morgan fingerprint density at radius 1 is 1.10 bits per heavy atom. The Hall–Kier alpha value is -2.54. The number of methoxy groups -OCH3 is 1. The molecule has 0 saturated heterocycles. The molecule has 0 bridgehead atoms. The highest BCUT2D eigenvalue weighted by Gasteiger charge is 2.28. The Kier molecular flexibility index (Phi) is 8.35. The first kappa shape index (κ1) is 23.1. The zero-order chi connectivity index (χ0) is 22.2. The van der Waals surface area contributed by atoms with Crippen LogP contribution in [0.15, 0.2) is 53.0 Å². The maximum atomic E-state index is 13.1. The van der Waals surface area contributed by atoms with E-state index in [-0.39, 0.29) is 24.5 Å². The number of rotatable bonds is 9. The van der Waals surface area contributed by atoms with E-state index in [4.69, 9.17) is 9.47 Å². The number of nitrogens with zero attached hydrogens (tertiary/aromatic N) is 1. The van der Waals surface area contributed by atoms with Crippen molar-refractivity contribution < 1.29 is 19.1 Å². The van der Waals surface area contributed by atoms with Gasteiger partial charge in [0.05, 0.1) is 7.11 Å². The second kappa shape index (κ2) is 11.2. The number of amides is 2. The topological polar surface area (TPSA) is 67.9 Å².